The van der Waals surface area contributed by atoms with Crippen LogP contribution >= 0.6 is 11.3 Å². The van der Waals surface area contributed by atoms with Gasteiger partial charge in [-0.1, -0.05) is 6.07 Å². The van der Waals surface area contributed by atoms with E-state index in [1.807, 2.05) is 12.4 Å². The highest BCUT2D eigenvalue weighted by Gasteiger charge is 2.04. The zero-order valence-electron chi connectivity index (χ0n) is 8.55. The molecular formula is C11H13N3S. The van der Waals surface area contributed by atoms with Gasteiger partial charge in [0.25, 0.3) is 0 Å². The fourth-order valence-corrected chi connectivity index (χ4v) is 2.09. The lowest BCUT2D eigenvalue weighted by atomic mass is 10.2. The quantitative estimate of drug-likeness (QED) is 0.858. The molecule has 3 nitrogen and oxygen atoms in total. The van der Waals surface area contributed by atoms with Crippen LogP contribution in [0, 0.1) is 0 Å². The van der Waals surface area contributed by atoms with E-state index in [1.165, 1.54) is 4.88 Å². The highest BCUT2D eigenvalue weighted by Crippen LogP contribution is 2.18. The normalized spacial score (nSPS) is 12.6. The second-order valence-electron chi connectivity index (χ2n) is 3.36. The predicted octanol–water partition coefficient (Wildman–Crippen LogP) is 2.39. The molecule has 0 amide bonds. The molecule has 0 aromatic carbocycles. The Kier molecular flexibility index (Phi) is 3.42. The SMILES string of the molecule is C[C@H](NCc1cncnc1)c1cccs1. The third-order valence-electron chi connectivity index (χ3n) is 2.20. The fourth-order valence-electron chi connectivity index (χ4n) is 1.33. The second kappa shape index (κ2) is 5.00. The van der Waals surface area contributed by atoms with E-state index in [9.17, 15) is 0 Å². The molecule has 78 valence electrons. The van der Waals surface area contributed by atoms with Gasteiger partial charge in [0.2, 0.25) is 0 Å². The lowest BCUT2D eigenvalue weighted by Gasteiger charge is -2.11. The van der Waals surface area contributed by atoms with Crippen LogP contribution < -0.4 is 5.32 Å². The number of nitrogens with one attached hydrogen (secondary N) is 1. The number of nitrogens with zero attached hydrogens (tertiary/aromatic N) is 2. The second-order valence-corrected chi connectivity index (χ2v) is 4.34. The first-order chi connectivity index (χ1) is 7.36. The number of hydrogen-bond donors (Lipinski definition) is 1. The maximum absolute atomic E-state index is 3.98. The van der Waals surface area contributed by atoms with Crippen molar-refractivity contribution in [2.24, 2.45) is 0 Å². The van der Waals surface area contributed by atoms with Crippen molar-refractivity contribution in [2.75, 3.05) is 0 Å². The van der Waals surface area contributed by atoms with Crippen molar-refractivity contribution in [1.29, 1.82) is 0 Å². The summed E-state index contributed by atoms with van der Waals surface area (Å²) in [7, 11) is 0. The largest absolute Gasteiger partial charge is 0.305 e. The third-order valence-corrected chi connectivity index (χ3v) is 3.25. The third kappa shape index (κ3) is 2.84. The van der Waals surface area contributed by atoms with Crippen LogP contribution in [0.2, 0.25) is 0 Å². The zero-order chi connectivity index (χ0) is 10.5. The molecule has 0 aliphatic heterocycles. The van der Waals surface area contributed by atoms with Gasteiger partial charge in [-0.2, -0.15) is 0 Å². The molecule has 0 unspecified atom stereocenters. The minimum atomic E-state index is 0.380. The van der Waals surface area contributed by atoms with Crippen molar-refractivity contribution >= 4 is 11.3 Å². The first kappa shape index (κ1) is 10.3. The first-order valence-corrected chi connectivity index (χ1v) is 5.75. The Labute approximate surface area is 93.2 Å². The van der Waals surface area contributed by atoms with Gasteiger partial charge in [0.1, 0.15) is 6.33 Å². The van der Waals surface area contributed by atoms with Crippen LogP contribution in [-0.2, 0) is 6.54 Å². The van der Waals surface area contributed by atoms with E-state index in [-0.39, 0.29) is 0 Å². The van der Waals surface area contributed by atoms with Crippen LogP contribution in [0.25, 0.3) is 0 Å². The molecule has 2 heterocycles. The molecule has 0 radical (unpaired) electrons. The molecule has 0 spiro atoms. The highest BCUT2D eigenvalue weighted by atomic mass is 32.1. The van der Waals surface area contributed by atoms with Gasteiger partial charge < -0.3 is 5.32 Å². The molecule has 0 fully saturated rings. The summed E-state index contributed by atoms with van der Waals surface area (Å²) in [6, 6.07) is 4.60. The standard InChI is InChI=1S/C11H13N3S/c1-9(11-3-2-4-15-11)14-7-10-5-12-8-13-6-10/h2-6,8-9,14H,7H2,1H3/t9-/m0/s1. The summed E-state index contributed by atoms with van der Waals surface area (Å²) in [5.74, 6) is 0. The molecule has 0 saturated heterocycles. The van der Waals surface area contributed by atoms with Crippen molar-refractivity contribution in [1.82, 2.24) is 15.3 Å². The zero-order valence-corrected chi connectivity index (χ0v) is 9.37. The summed E-state index contributed by atoms with van der Waals surface area (Å²) in [6.45, 7) is 2.97. The van der Waals surface area contributed by atoms with Gasteiger partial charge in [0.05, 0.1) is 0 Å². The van der Waals surface area contributed by atoms with E-state index in [2.05, 4.69) is 39.7 Å². The van der Waals surface area contributed by atoms with Crippen LogP contribution in [-0.4, -0.2) is 9.97 Å². The molecule has 0 aliphatic carbocycles. The van der Waals surface area contributed by atoms with E-state index < -0.39 is 0 Å². The molecule has 2 aromatic rings. The molecule has 0 aliphatic rings. The van der Waals surface area contributed by atoms with E-state index in [0.717, 1.165) is 12.1 Å². The first-order valence-electron chi connectivity index (χ1n) is 4.87. The van der Waals surface area contributed by atoms with Crippen molar-refractivity contribution in [3.63, 3.8) is 0 Å². The van der Waals surface area contributed by atoms with E-state index in [1.54, 1.807) is 17.7 Å². The summed E-state index contributed by atoms with van der Waals surface area (Å²) in [4.78, 5) is 9.31. The fraction of sp³-hybridized carbons (Fsp3) is 0.273. The van der Waals surface area contributed by atoms with Crippen LogP contribution in [0.4, 0.5) is 0 Å². The topological polar surface area (TPSA) is 37.8 Å². The molecule has 0 saturated carbocycles. The smallest absolute Gasteiger partial charge is 0.115 e. The maximum atomic E-state index is 3.98. The number of aromatic nitrogens is 2. The molecule has 1 N–H and O–H groups in total. The van der Waals surface area contributed by atoms with Crippen LogP contribution in [0.5, 0.6) is 0 Å². The minimum absolute atomic E-state index is 0.380. The molecular weight excluding hydrogens is 206 g/mol. The van der Waals surface area contributed by atoms with Gasteiger partial charge in [-0.05, 0) is 18.4 Å². The minimum Gasteiger partial charge on any atom is -0.305 e. The summed E-state index contributed by atoms with van der Waals surface area (Å²) >= 11 is 1.77. The Morgan fingerprint density at radius 1 is 1.40 bits per heavy atom. The molecule has 2 rings (SSSR count). The van der Waals surface area contributed by atoms with E-state index in [4.69, 9.17) is 0 Å². The van der Waals surface area contributed by atoms with Crippen LogP contribution in [0.15, 0.2) is 36.2 Å². The lowest BCUT2D eigenvalue weighted by Crippen LogP contribution is -2.17. The Hall–Kier alpha value is -1.26. The van der Waals surface area contributed by atoms with Gasteiger partial charge in [0.15, 0.2) is 0 Å². The Bertz CT molecular complexity index is 385. The van der Waals surface area contributed by atoms with E-state index >= 15 is 0 Å². The molecule has 2 aromatic heterocycles. The Morgan fingerprint density at radius 2 is 2.20 bits per heavy atom. The number of hydrogen-bond acceptors (Lipinski definition) is 4. The summed E-state index contributed by atoms with van der Waals surface area (Å²) in [5.41, 5.74) is 1.11. The van der Waals surface area contributed by atoms with Crippen molar-refractivity contribution < 1.29 is 0 Å². The lowest BCUT2D eigenvalue weighted by molar-refractivity contribution is 0.581. The molecule has 15 heavy (non-hydrogen) atoms. The van der Waals surface area contributed by atoms with Crippen LogP contribution in [0.3, 0.4) is 0 Å². The van der Waals surface area contributed by atoms with Gasteiger partial charge >= 0.3 is 0 Å². The van der Waals surface area contributed by atoms with Gasteiger partial charge in [-0.15, -0.1) is 11.3 Å². The van der Waals surface area contributed by atoms with Crippen molar-refractivity contribution in [3.05, 3.63) is 46.7 Å². The Balaban J connectivity index is 1.89. The highest BCUT2D eigenvalue weighted by molar-refractivity contribution is 7.10. The average molecular weight is 219 g/mol. The monoisotopic (exact) mass is 219 g/mol. The van der Waals surface area contributed by atoms with Crippen molar-refractivity contribution in [3.8, 4) is 0 Å². The van der Waals surface area contributed by atoms with Crippen molar-refractivity contribution in [2.45, 2.75) is 19.5 Å². The molecule has 0 bridgehead atoms. The van der Waals surface area contributed by atoms with Crippen LogP contribution in [0.1, 0.15) is 23.4 Å². The molecule has 1 atom stereocenters. The maximum Gasteiger partial charge on any atom is 0.115 e. The average Bonchev–Trinajstić information content (AvgIpc) is 2.81. The predicted molar refractivity (Wildman–Crippen MR) is 61.6 cm³/mol. The van der Waals surface area contributed by atoms with Gasteiger partial charge in [-0.3, -0.25) is 0 Å². The summed E-state index contributed by atoms with van der Waals surface area (Å²) < 4.78 is 0. The number of thiophene rings is 1. The summed E-state index contributed by atoms with van der Waals surface area (Å²) in [5, 5.41) is 5.53. The van der Waals surface area contributed by atoms with E-state index in [0.29, 0.717) is 6.04 Å². The Morgan fingerprint density at radius 3 is 2.87 bits per heavy atom. The summed E-state index contributed by atoms with van der Waals surface area (Å²) in [6.07, 6.45) is 5.22. The molecule has 4 heteroatoms. The number of rotatable bonds is 4. The van der Waals surface area contributed by atoms with Gasteiger partial charge in [0, 0.05) is 35.4 Å². The van der Waals surface area contributed by atoms with Gasteiger partial charge in [-0.25, -0.2) is 9.97 Å².